The molecule has 2 atom stereocenters. The molecule has 2 N–H and O–H groups in total. The molecule has 1 aliphatic rings. The number of carbonyl (C=O) groups is 1. The number of nitrogens with one attached hydrogen (secondary N) is 2. The van der Waals surface area contributed by atoms with E-state index in [1.807, 2.05) is 30.3 Å². The molecule has 2 aromatic heterocycles. The Balaban J connectivity index is 1.72. The summed E-state index contributed by atoms with van der Waals surface area (Å²) in [7, 11) is 1.47. The van der Waals surface area contributed by atoms with Gasteiger partial charge in [-0.25, -0.2) is 0 Å². The highest BCUT2D eigenvalue weighted by Gasteiger charge is 2.42. The van der Waals surface area contributed by atoms with Crippen LogP contribution in [0.15, 0.2) is 54.0 Å². The molecule has 0 saturated carbocycles. The summed E-state index contributed by atoms with van der Waals surface area (Å²) in [5.41, 5.74) is 3.47. The van der Waals surface area contributed by atoms with Gasteiger partial charge in [-0.3, -0.25) is 9.78 Å². The fourth-order valence-corrected chi connectivity index (χ4v) is 5.28. The average molecular weight is 473 g/mol. The Morgan fingerprint density at radius 3 is 2.84 bits per heavy atom. The first-order chi connectivity index (χ1) is 15.0. The number of thiophene rings is 1. The Morgan fingerprint density at radius 1 is 1.35 bits per heavy atom. The Labute approximate surface area is 195 Å². The lowest BCUT2D eigenvalue weighted by Gasteiger charge is -2.28. The Hall–Kier alpha value is -2.52. The van der Waals surface area contributed by atoms with Crippen molar-refractivity contribution in [3.05, 3.63) is 75.2 Å². The molecule has 3 heterocycles. The molecule has 0 radical (unpaired) electrons. The van der Waals surface area contributed by atoms with Crippen molar-refractivity contribution in [2.75, 3.05) is 23.9 Å². The van der Waals surface area contributed by atoms with Gasteiger partial charge in [0.25, 0.3) is 0 Å². The topological polar surface area (TPSA) is 66.5 Å². The van der Waals surface area contributed by atoms with Crippen LogP contribution >= 0.6 is 35.2 Å². The van der Waals surface area contributed by atoms with Crippen LogP contribution < -0.4 is 15.5 Å². The molecule has 0 unspecified atom stereocenters. The van der Waals surface area contributed by atoms with E-state index < -0.39 is 0 Å². The zero-order valence-corrected chi connectivity index (χ0v) is 19.4. The first-order valence-electron chi connectivity index (χ1n) is 9.62. The van der Waals surface area contributed by atoms with Crippen molar-refractivity contribution in [1.29, 1.82) is 0 Å². The second-order valence-electron chi connectivity index (χ2n) is 7.11. The number of carbonyl (C=O) groups excluding carboxylic acids is 1. The number of rotatable bonds is 6. The minimum atomic E-state index is -0.266. The van der Waals surface area contributed by atoms with E-state index in [-0.39, 0.29) is 24.6 Å². The summed E-state index contributed by atoms with van der Waals surface area (Å²) >= 11 is 13.9. The van der Waals surface area contributed by atoms with E-state index in [0.717, 1.165) is 11.4 Å². The molecule has 0 aliphatic carbocycles. The van der Waals surface area contributed by atoms with Gasteiger partial charge >= 0.3 is 0 Å². The molecule has 0 spiro atoms. The fourth-order valence-electron chi connectivity index (χ4n) is 3.66. The van der Waals surface area contributed by atoms with Crippen LogP contribution in [0.2, 0.25) is 5.02 Å². The standard InChI is InChI=1S/C22H21ClN4O2S2/c1-13-8-10-31-21(13)20-19(17-5-3-4-9-24-17)26-22(30)27(20)14-6-7-16(15(23)11-14)25-18(28)12-29-2/h3-11,19-20H,12H2,1-2H3,(H,25,28)(H,26,30)/t19-,20-/m1/s1. The zero-order chi connectivity index (χ0) is 22.0. The Bertz CT molecular complexity index is 1110. The normalized spacial score (nSPS) is 18.2. The molecule has 4 rings (SSSR count). The minimum absolute atomic E-state index is 0.0380. The molecule has 1 amide bonds. The number of hydrogen-bond donors (Lipinski definition) is 2. The first kappa shape index (κ1) is 21.7. The minimum Gasteiger partial charge on any atom is -0.375 e. The summed E-state index contributed by atoms with van der Waals surface area (Å²) in [6.07, 6.45) is 1.79. The molecular weight excluding hydrogens is 452 g/mol. The third-order valence-corrected chi connectivity index (χ3v) is 6.77. The van der Waals surface area contributed by atoms with Gasteiger partial charge in [0, 0.05) is 23.9 Å². The highest BCUT2D eigenvalue weighted by atomic mass is 35.5. The summed E-state index contributed by atoms with van der Waals surface area (Å²) in [5.74, 6) is -0.266. The van der Waals surface area contributed by atoms with Crippen LogP contribution in [-0.2, 0) is 9.53 Å². The van der Waals surface area contributed by atoms with Gasteiger partial charge in [0.15, 0.2) is 5.11 Å². The van der Waals surface area contributed by atoms with Crippen LogP contribution in [0.4, 0.5) is 11.4 Å². The van der Waals surface area contributed by atoms with Crippen LogP contribution in [-0.4, -0.2) is 29.7 Å². The van der Waals surface area contributed by atoms with E-state index in [2.05, 4.69) is 38.9 Å². The van der Waals surface area contributed by atoms with Crippen LogP contribution in [0, 0.1) is 6.92 Å². The maximum absolute atomic E-state index is 11.9. The summed E-state index contributed by atoms with van der Waals surface area (Å²) in [5, 5.41) is 9.30. The molecule has 9 heteroatoms. The van der Waals surface area contributed by atoms with Gasteiger partial charge in [0.1, 0.15) is 6.61 Å². The average Bonchev–Trinajstić information content (AvgIpc) is 3.32. The lowest BCUT2D eigenvalue weighted by Crippen LogP contribution is -2.29. The maximum atomic E-state index is 11.9. The number of anilines is 2. The molecule has 1 aliphatic heterocycles. The number of nitrogens with zero attached hydrogens (tertiary/aromatic N) is 2. The SMILES string of the molecule is COCC(=O)Nc1ccc(N2C(=S)N[C@H](c3ccccn3)[C@@H]2c2sccc2C)cc1Cl. The fraction of sp³-hybridized carbons (Fsp3) is 0.227. The van der Waals surface area contributed by atoms with Crippen molar-refractivity contribution in [1.82, 2.24) is 10.3 Å². The number of pyridine rings is 1. The number of methoxy groups -OCH3 is 1. The van der Waals surface area contributed by atoms with Gasteiger partial charge < -0.3 is 20.3 Å². The van der Waals surface area contributed by atoms with E-state index in [1.165, 1.54) is 17.6 Å². The van der Waals surface area contributed by atoms with Gasteiger partial charge in [0.05, 0.1) is 28.5 Å². The number of amides is 1. The second kappa shape index (κ2) is 9.32. The first-order valence-corrected chi connectivity index (χ1v) is 11.3. The van der Waals surface area contributed by atoms with Crippen molar-refractivity contribution < 1.29 is 9.53 Å². The molecule has 3 aromatic rings. The monoisotopic (exact) mass is 472 g/mol. The number of aromatic nitrogens is 1. The van der Waals surface area contributed by atoms with Crippen molar-refractivity contribution in [3.63, 3.8) is 0 Å². The maximum Gasteiger partial charge on any atom is 0.250 e. The van der Waals surface area contributed by atoms with E-state index >= 15 is 0 Å². The predicted octanol–water partition coefficient (Wildman–Crippen LogP) is 4.87. The van der Waals surface area contributed by atoms with Gasteiger partial charge in [-0.2, -0.15) is 0 Å². The third-order valence-electron chi connectivity index (χ3n) is 5.05. The highest BCUT2D eigenvalue weighted by Crippen LogP contribution is 2.45. The summed E-state index contributed by atoms with van der Waals surface area (Å²) in [4.78, 5) is 19.7. The zero-order valence-electron chi connectivity index (χ0n) is 17.0. The lowest BCUT2D eigenvalue weighted by molar-refractivity contribution is -0.119. The number of thiocarbonyl (C=S) groups is 1. The quantitative estimate of drug-likeness (QED) is 0.499. The molecule has 0 bridgehead atoms. The van der Waals surface area contributed by atoms with Crippen LogP contribution in [0.3, 0.4) is 0 Å². The molecule has 1 aromatic carbocycles. The summed E-state index contributed by atoms with van der Waals surface area (Å²) in [6.45, 7) is 2.06. The van der Waals surface area contributed by atoms with E-state index in [1.54, 1.807) is 23.6 Å². The predicted molar refractivity (Wildman–Crippen MR) is 129 cm³/mol. The van der Waals surface area contributed by atoms with E-state index in [0.29, 0.717) is 15.8 Å². The lowest BCUT2D eigenvalue weighted by atomic mass is 10.0. The van der Waals surface area contributed by atoms with Crippen LogP contribution in [0.1, 0.15) is 28.2 Å². The summed E-state index contributed by atoms with van der Waals surface area (Å²) in [6, 6.07) is 13.3. The van der Waals surface area contributed by atoms with Crippen molar-refractivity contribution in [2.45, 2.75) is 19.0 Å². The number of hydrogen-bond acceptors (Lipinski definition) is 5. The number of halogens is 1. The van der Waals surface area contributed by atoms with Gasteiger partial charge in [-0.15, -0.1) is 11.3 Å². The molecule has 1 fully saturated rings. The van der Waals surface area contributed by atoms with E-state index in [4.69, 9.17) is 28.6 Å². The number of ether oxygens (including phenoxy) is 1. The van der Waals surface area contributed by atoms with Crippen LogP contribution in [0.5, 0.6) is 0 Å². The molecular formula is C22H21ClN4O2S2. The number of benzene rings is 1. The summed E-state index contributed by atoms with van der Waals surface area (Å²) < 4.78 is 4.86. The van der Waals surface area contributed by atoms with Gasteiger partial charge in [0.2, 0.25) is 5.91 Å². The van der Waals surface area contributed by atoms with Gasteiger partial charge in [-0.05, 0) is 66.5 Å². The van der Waals surface area contributed by atoms with Gasteiger partial charge in [-0.1, -0.05) is 17.7 Å². The highest BCUT2D eigenvalue weighted by molar-refractivity contribution is 7.80. The Morgan fingerprint density at radius 2 is 2.19 bits per heavy atom. The second-order valence-corrected chi connectivity index (χ2v) is 8.85. The molecule has 6 nitrogen and oxygen atoms in total. The van der Waals surface area contributed by atoms with Crippen molar-refractivity contribution >= 4 is 57.5 Å². The molecule has 31 heavy (non-hydrogen) atoms. The number of aryl methyl sites for hydroxylation is 1. The Kier molecular flexibility index (Phi) is 6.52. The molecule has 160 valence electrons. The largest absolute Gasteiger partial charge is 0.375 e. The van der Waals surface area contributed by atoms with Crippen LogP contribution in [0.25, 0.3) is 0 Å². The van der Waals surface area contributed by atoms with E-state index in [9.17, 15) is 4.79 Å². The molecule has 1 saturated heterocycles. The van der Waals surface area contributed by atoms with Crippen molar-refractivity contribution in [3.8, 4) is 0 Å². The smallest absolute Gasteiger partial charge is 0.250 e. The van der Waals surface area contributed by atoms with Crippen molar-refractivity contribution in [2.24, 2.45) is 0 Å². The third kappa shape index (κ3) is 4.43.